The van der Waals surface area contributed by atoms with E-state index in [1.165, 1.54) is 0 Å². The Balaban J connectivity index is 2.27. The quantitative estimate of drug-likeness (QED) is 0.641. The van der Waals surface area contributed by atoms with Crippen molar-refractivity contribution in [2.75, 3.05) is 40.9 Å². The Hall–Kier alpha value is -0.910. The molecule has 98 valence electrons. The van der Waals surface area contributed by atoms with Gasteiger partial charge in [-0.25, -0.2) is 4.98 Å². The molecule has 17 heavy (non-hydrogen) atoms. The first-order valence-corrected chi connectivity index (χ1v) is 6.08. The van der Waals surface area contributed by atoms with Gasteiger partial charge in [0.05, 0.1) is 13.2 Å². The van der Waals surface area contributed by atoms with Gasteiger partial charge < -0.3 is 19.5 Å². The maximum Gasteiger partial charge on any atom is 0.122 e. The molecule has 0 unspecified atom stereocenters. The highest BCUT2D eigenvalue weighted by molar-refractivity contribution is 4.91. The maximum absolute atomic E-state index is 4.99. The minimum atomic E-state index is 0.737. The molecule has 0 aromatic carbocycles. The monoisotopic (exact) mass is 240 g/mol. The Bertz CT molecular complexity index is 298. The zero-order valence-electron chi connectivity index (χ0n) is 11.1. The minimum Gasteiger partial charge on any atom is -0.383 e. The number of rotatable bonds is 9. The molecule has 1 rings (SSSR count). The molecule has 0 atom stereocenters. The van der Waals surface area contributed by atoms with Crippen molar-refractivity contribution in [3.05, 3.63) is 18.2 Å². The first-order chi connectivity index (χ1) is 8.24. The second-order valence-electron chi connectivity index (χ2n) is 4.36. The molecule has 0 radical (unpaired) electrons. The Morgan fingerprint density at radius 1 is 1.47 bits per heavy atom. The fourth-order valence-electron chi connectivity index (χ4n) is 1.64. The lowest BCUT2D eigenvalue weighted by molar-refractivity contribution is 0.198. The fraction of sp³-hybridized carbons (Fsp3) is 0.750. The van der Waals surface area contributed by atoms with Crippen molar-refractivity contribution in [2.24, 2.45) is 0 Å². The summed E-state index contributed by atoms with van der Waals surface area (Å²) in [5, 5.41) is 3.31. The van der Waals surface area contributed by atoms with E-state index in [0.29, 0.717) is 0 Å². The average molecular weight is 240 g/mol. The van der Waals surface area contributed by atoms with Gasteiger partial charge in [-0.2, -0.15) is 0 Å². The van der Waals surface area contributed by atoms with Crippen LogP contribution >= 0.6 is 0 Å². The number of methoxy groups -OCH3 is 1. The topological polar surface area (TPSA) is 42.3 Å². The zero-order chi connectivity index (χ0) is 12.5. The molecule has 0 aliphatic heterocycles. The van der Waals surface area contributed by atoms with Crippen LogP contribution < -0.4 is 5.32 Å². The first-order valence-electron chi connectivity index (χ1n) is 6.08. The molecule has 1 heterocycles. The zero-order valence-corrected chi connectivity index (χ0v) is 11.1. The molecule has 5 nitrogen and oxygen atoms in total. The van der Waals surface area contributed by atoms with E-state index in [1.54, 1.807) is 7.11 Å². The Morgan fingerprint density at radius 2 is 2.29 bits per heavy atom. The van der Waals surface area contributed by atoms with Crippen molar-refractivity contribution < 1.29 is 4.74 Å². The van der Waals surface area contributed by atoms with E-state index in [-0.39, 0.29) is 0 Å². The molecular formula is C12H24N4O. The number of imidazole rings is 1. The molecule has 0 fully saturated rings. The van der Waals surface area contributed by atoms with Gasteiger partial charge >= 0.3 is 0 Å². The van der Waals surface area contributed by atoms with Crippen LogP contribution in [0, 0.1) is 0 Å². The largest absolute Gasteiger partial charge is 0.383 e. The highest BCUT2D eigenvalue weighted by atomic mass is 16.5. The smallest absolute Gasteiger partial charge is 0.122 e. The minimum absolute atomic E-state index is 0.737. The lowest BCUT2D eigenvalue weighted by atomic mass is 10.4. The van der Waals surface area contributed by atoms with Gasteiger partial charge in [0, 0.05) is 32.6 Å². The van der Waals surface area contributed by atoms with E-state index < -0.39 is 0 Å². The Morgan fingerprint density at radius 3 is 3.00 bits per heavy atom. The molecule has 1 N–H and O–H groups in total. The molecule has 0 saturated carbocycles. The first kappa shape index (κ1) is 14.2. The number of aryl methyl sites for hydroxylation is 1. The normalized spacial score (nSPS) is 11.3. The predicted molar refractivity (Wildman–Crippen MR) is 69.0 cm³/mol. The Kier molecular flexibility index (Phi) is 6.84. The van der Waals surface area contributed by atoms with Gasteiger partial charge in [0.1, 0.15) is 5.82 Å². The van der Waals surface area contributed by atoms with E-state index in [9.17, 15) is 0 Å². The summed E-state index contributed by atoms with van der Waals surface area (Å²) in [6, 6.07) is 0. The van der Waals surface area contributed by atoms with Crippen LogP contribution in [0.3, 0.4) is 0 Å². The van der Waals surface area contributed by atoms with Crippen molar-refractivity contribution in [3.63, 3.8) is 0 Å². The number of nitrogens with zero attached hydrogens (tertiary/aromatic N) is 3. The second-order valence-corrected chi connectivity index (χ2v) is 4.36. The van der Waals surface area contributed by atoms with Crippen LogP contribution in [0.25, 0.3) is 0 Å². The molecule has 1 aromatic rings. The predicted octanol–water partition coefficient (Wildman–Crippen LogP) is 0.571. The van der Waals surface area contributed by atoms with Crippen LogP contribution in [0.1, 0.15) is 12.2 Å². The third-order valence-corrected chi connectivity index (χ3v) is 2.57. The van der Waals surface area contributed by atoms with E-state index in [1.807, 2.05) is 12.4 Å². The lowest BCUT2D eigenvalue weighted by Crippen LogP contribution is -2.21. The molecular weight excluding hydrogens is 216 g/mol. The summed E-state index contributed by atoms with van der Waals surface area (Å²) in [4.78, 5) is 6.56. The van der Waals surface area contributed by atoms with Crippen molar-refractivity contribution in [1.82, 2.24) is 19.8 Å². The Labute approximate surface area is 104 Å². The highest BCUT2D eigenvalue weighted by Crippen LogP contribution is 1.99. The van der Waals surface area contributed by atoms with E-state index >= 15 is 0 Å². The highest BCUT2D eigenvalue weighted by Gasteiger charge is 2.02. The van der Waals surface area contributed by atoms with E-state index in [4.69, 9.17) is 4.74 Å². The van der Waals surface area contributed by atoms with Gasteiger partial charge in [-0.05, 0) is 27.1 Å². The van der Waals surface area contributed by atoms with Crippen LogP contribution in [0.15, 0.2) is 12.4 Å². The maximum atomic E-state index is 4.99. The molecule has 5 heteroatoms. The summed E-state index contributed by atoms with van der Waals surface area (Å²) in [7, 11) is 5.91. The van der Waals surface area contributed by atoms with Crippen LogP contribution in [0.5, 0.6) is 0 Å². The third kappa shape index (κ3) is 5.81. The summed E-state index contributed by atoms with van der Waals surface area (Å²) in [6.45, 7) is 4.54. The van der Waals surface area contributed by atoms with Crippen LogP contribution in [0.4, 0.5) is 0 Å². The summed E-state index contributed by atoms with van der Waals surface area (Å²) >= 11 is 0. The van der Waals surface area contributed by atoms with Crippen LogP contribution in [-0.4, -0.2) is 55.4 Å². The van der Waals surface area contributed by atoms with Crippen LogP contribution in [-0.2, 0) is 17.8 Å². The van der Waals surface area contributed by atoms with E-state index in [0.717, 1.165) is 45.0 Å². The van der Waals surface area contributed by atoms with Crippen LogP contribution in [0.2, 0.25) is 0 Å². The molecule has 0 amide bonds. The fourth-order valence-corrected chi connectivity index (χ4v) is 1.64. The molecule has 0 saturated heterocycles. The van der Waals surface area contributed by atoms with Gasteiger partial charge in [0.2, 0.25) is 0 Å². The number of aromatic nitrogens is 2. The number of nitrogens with one attached hydrogen (secondary N) is 1. The molecule has 1 aromatic heterocycles. The summed E-state index contributed by atoms with van der Waals surface area (Å²) in [5.41, 5.74) is 0. The molecule has 0 spiro atoms. The summed E-state index contributed by atoms with van der Waals surface area (Å²) in [6.07, 6.45) is 5.06. The van der Waals surface area contributed by atoms with Gasteiger partial charge in [-0.1, -0.05) is 0 Å². The standard InChI is InChI=1S/C12H24N4O/c1-15(2)7-4-8-16-9-5-14-12(16)11-13-6-10-17-3/h5,9,13H,4,6-8,10-11H2,1-3H3. The lowest BCUT2D eigenvalue weighted by Gasteiger charge is -2.11. The number of hydrogen-bond donors (Lipinski definition) is 1. The van der Waals surface area contributed by atoms with E-state index in [2.05, 4.69) is 33.9 Å². The van der Waals surface area contributed by atoms with Gasteiger partial charge in [-0.3, -0.25) is 0 Å². The van der Waals surface area contributed by atoms with Gasteiger partial charge in [-0.15, -0.1) is 0 Å². The molecule has 0 aliphatic rings. The van der Waals surface area contributed by atoms with Crippen molar-refractivity contribution in [3.8, 4) is 0 Å². The van der Waals surface area contributed by atoms with Crippen molar-refractivity contribution in [1.29, 1.82) is 0 Å². The van der Waals surface area contributed by atoms with Gasteiger partial charge in [0.15, 0.2) is 0 Å². The second kappa shape index (κ2) is 8.22. The third-order valence-electron chi connectivity index (χ3n) is 2.57. The summed E-state index contributed by atoms with van der Waals surface area (Å²) < 4.78 is 7.20. The van der Waals surface area contributed by atoms with Crippen molar-refractivity contribution >= 4 is 0 Å². The average Bonchev–Trinajstić information content (AvgIpc) is 2.72. The summed E-state index contributed by atoms with van der Waals surface area (Å²) in [5.74, 6) is 1.10. The molecule has 0 bridgehead atoms. The molecule has 0 aliphatic carbocycles. The van der Waals surface area contributed by atoms with Crippen molar-refractivity contribution in [2.45, 2.75) is 19.5 Å². The number of ether oxygens (including phenoxy) is 1. The number of hydrogen-bond acceptors (Lipinski definition) is 4. The van der Waals surface area contributed by atoms with Gasteiger partial charge in [0.25, 0.3) is 0 Å². The SMILES string of the molecule is COCCNCc1nccn1CCCN(C)C.